The summed E-state index contributed by atoms with van der Waals surface area (Å²) in [5.74, 6) is -0.259. The summed E-state index contributed by atoms with van der Waals surface area (Å²) in [5, 5.41) is 0. The fourth-order valence-corrected chi connectivity index (χ4v) is 2.24. The Morgan fingerprint density at radius 1 is 1.31 bits per heavy atom. The molecule has 94 valence electrons. The van der Waals surface area contributed by atoms with Gasteiger partial charge < -0.3 is 14.4 Å². The zero-order valence-corrected chi connectivity index (χ0v) is 10.6. The van der Waals surface area contributed by atoms with Crippen LogP contribution in [-0.2, 0) is 14.3 Å². The molecule has 0 aromatic rings. The van der Waals surface area contributed by atoms with Crippen molar-refractivity contribution < 1.29 is 14.3 Å². The van der Waals surface area contributed by atoms with E-state index in [0.29, 0.717) is 12.6 Å². The number of carbonyl (C=O) groups excluding carboxylic acids is 1. The number of esters is 1. The number of ether oxygens (including phenoxy) is 2. The Morgan fingerprint density at radius 3 is 2.62 bits per heavy atom. The summed E-state index contributed by atoms with van der Waals surface area (Å²) >= 11 is 0. The standard InChI is InChI=1S/C12H23NO3/c1-4-15-12(14)9-16-11-8-6-5-7-10(11)13(2)3/h10-11H,4-9H2,1-3H3/t10-,11-/m1/s1. The molecule has 4 nitrogen and oxygen atoms in total. The van der Waals surface area contributed by atoms with Crippen LogP contribution >= 0.6 is 0 Å². The first kappa shape index (κ1) is 13.5. The number of hydrogen-bond donors (Lipinski definition) is 0. The first-order valence-electron chi connectivity index (χ1n) is 6.08. The van der Waals surface area contributed by atoms with Gasteiger partial charge in [0.15, 0.2) is 0 Å². The average Bonchev–Trinajstić information content (AvgIpc) is 2.27. The van der Waals surface area contributed by atoms with Crippen molar-refractivity contribution in [3.05, 3.63) is 0 Å². The molecule has 0 radical (unpaired) electrons. The SMILES string of the molecule is CCOC(=O)CO[C@@H]1CCCC[C@H]1N(C)C. The van der Waals surface area contributed by atoms with Gasteiger partial charge in [-0.05, 0) is 33.9 Å². The molecule has 0 bridgehead atoms. The van der Waals surface area contributed by atoms with Gasteiger partial charge in [0.05, 0.1) is 12.7 Å². The van der Waals surface area contributed by atoms with Crippen molar-refractivity contribution in [1.29, 1.82) is 0 Å². The van der Waals surface area contributed by atoms with E-state index >= 15 is 0 Å². The summed E-state index contributed by atoms with van der Waals surface area (Å²) in [6.07, 6.45) is 4.82. The smallest absolute Gasteiger partial charge is 0.332 e. The monoisotopic (exact) mass is 229 g/mol. The number of hydrogen-bond acceptors (Lipinski definition) is 4. The van der Waals surface area contributed by atoms with Crippen molar-refractivity contribution in [3.63, 3.8) is 0 Å². The van der Waals surface area contributed by atoms with Gasteiger partial charge in [0.1, 0.15) is 6.61 Å². The lowest BCUT2D eigenvalue weighted by Gasteiger charge is -2.35. The van der Waals surface area contributed by atoms with Crippen LogP contribution in [0.5, 0.6) is 0 Å². The maximum Gasteiger partial charge on any atom is 0.332 e. The Kier molecular flexibility index (Phi) is 5.77. The van der Waals surface area contributed by atoms with Crippen LogP contribution in [0.1, 0.15) is 32.6 Å². The van der Waals surface area contributed by atoms with Crippen LogP contribution in [0.2, 0.25) is 0 Å². The first-order chi connectivity index (χ1) is 7.65. The predicted molar refractivity (Wildman–Crippen MR) is 62.3 cm³/mol. The van der Waals surface area contributed by atoms with Gasteiger partial charge in [-0.25, -0.2) is 4.79 Å². The zero-order chi connectivity index (χ0) is 12.0. The van der Waals surface area contributed by atoms with Crippen molar-refractivity contribution in [2.75, 3.05) is 27.3 Å². The molecule has 4 heteroatoms. The molecular formula is C12H23NO3. The number of carbonyl (C=O) groups is 1. The van der Waals surface area contributed by atoms with E-state index in [1.54, 1.807) is 6.92 Å². The van der Waals surface area contributed by atoms with Crippen LogP contribution in [0, 0.1) is 0 Å². The second-order valence-corrected chi connectivity index (χ2v) is 4.47. The topological polar surface area (TPSA) is 38.8 Å². The molecule has 1 aliphatic rings. The largest absolute Gasteiger partial charge is 0.464 e. The van der Waals surface area contributed by atoms with Crippen LogP contribution in [0.4, 0.5) is 0 Å². The highest BCUT2D eigenvalue weighted by atomic mass is 16.6. The minimum atomic E-state index is -0.259. The third-order valence-corrected chi connectivity index (χ3v) is 3.05. The fraction of sp³-hybridized carbons (Fsp3) is 0.917. The molecular weight excluding hydrogens is 206 g/mol. The molecule has 0 amide bonds. The van der Waals surface area contributed by atoms with Crippen molar-refractivity contribution >= 4 is 5.97 Å². The lowest BCUT2D eigenvalue weighted by Crippen LogP contribution is -2.43. The number of rotatable bonds is 5. The summed E-state index contributed by atoms with van der Waals surface area (Å²) in [6.45, 7) is 2.31. The fourth-order valence-electron chi connectivity index (χ4n) is 2.24. The third-order valence-electron chi connectivity index (χ3n) is 3.05. The Balaban J connectivity index is 2.35. The quantitative estimate of drug-likeness (QED) is 0.669. The van der Waals surface area contributed by atoms with Crippen LogP contribution in [-0.4, -0.2) is 50.3 Å². The van der Waals surface area contributed by atoms with Crippen molar-refractivity contribution in [2.24, 2.45) is 0 Å². The Labute approximate surface area is 97.9 Å². The molecule has 0 aromatic heterocycles. The molecule has 0 heterocycles. The van der Waals surface area contributed by atoms with Crippen molar-refractivity contribution in [2.45, 2.75) is 44.8 Å². The van der Waals surface area contributed by atoms with Gasteiger partial charge in [0, 0.05) is 6.04 Å². The lowest BCUT2D eigenvalue weighted by molar-refractivity contribution is -0.152. The summed E-state index contributed by atoms with van der Waals surface area (Å²) in [7, 11) is 4.13. The lowest BCUT2D eigenvalue weighted by atomic mass is 9.92. The normalized spacial score (nSPS) is 25.8. The van der Waals surface area contributed by atoms with Crippen LogP contribution < -0.4 is 0 Å². The van der Waals surface area contributed by atoms with Gasteiger partial charge in [0.2, 0.25) is 0 Å². The summed E-state index contributed by atoms with van der Waals surface area (Å²) < 4.78 is 10.5. The molecule has 0 saturated heterocycles. The van der Waals surface area contributed by atoms with Crippen molar-refractivity contribution in [1.82, 2.24) is 4.90 Å². The van der Waals surface area contributed by atoms with Gasteiger partial charge >= 0.3 is 5.97 Å². The van der Waals surface area contributed by atoms with E-state index in [1.807, 2.05) is 0 Å². The minimum absolute atomic E-state index is 0.0862. The van der Waals surface area contributed by atoms with E-state index in [4.69, 9.17) is 9.47 Å². The van der Waals surface area contributed by atoms with Crippen LogP contribution in [0.3, 0.4) is 0 Å². The van der Waals surface area contributed by atoms with Crippen LogP contribution in [0.15, 0.2) is 0 Å². The predicted octanol–water partition coefficient (Wildman–Crippen LogP) is 1.44. The van der Waals surface area contributed by atoms with E-state index < -0.39 is 0 Å². The van der Waals surface area contributed by atoms with E-state index in [9.17, 15) is 4.79 Å². The van der Waals surface area contributed by atoms with Crippen molar-refractivity contribution in [3.8, 4) is 0 Å². The molecule has 0 unspecified atom stereocenters. The molecule has 0 aromatic carbocycles. The summed E-state index contributed by atoms with van der Waals surface area (Å²) in [6, 6.07) is 0.433. The highest BCUT2D eigenvalue weighted by Crippen LogP contribution is 2.24. The van der Waals surface area contributed by atoms with Crippen LogP contribution in [0.25, 0.3) is 0 Å². The maximum atomic E-state index is 11.2. The molecule has 1 aliphatic carbocycles. The van der Waals surface area contributed by atoms with Gasteiger partial charge in [0.25, 0.3) is 0 Å². The minimum Gasteiger partial charge on any atom is -0.464 e. The second kappa shape index (κ2) is 6.86. The highest BCUT2D eigenvalue weighted by molar-refractivity contribution is 5.70. The molecule has 1 fully saturated rings. The third kappa shape index (κ3) is 4.10. The van der Waals surface area contributed by atoms with Gasteiger partial charge in [-0.1, -0.05) is 12.8 Å². The van der Waals surface area contributed by atoms with E-state index in [2.05, 4.69) is 19.0 Å². The summed E-state index contributed by atoms with van der Waals surface area (Å²) in [5.41, 5.74) is 0. The molecule has 2 atom stereocenters. The Morgan fingerprint density at radius 2 is 2.00 bits per heavy atom. The Hall–Kier alpha value is -0.610. The van der Waals surface area contributed by atoms with E-state index in [1.165, 1.54) is 12.8 Å². The molecule has 0 spiro atoms. The second-order valence-electron chi connectivity index (χ2n) is 4.47. The molecule has 1 saturated carbocycles. The van der Waals surface area contributed by atoms with Gasteiger partial charge in [-0.2, -0.15) is 0 Å². The zero-order valence-electron chi connectivity index (χ0n) is 10.6. The number of likely N-dealkylation sites (N-methyl/N-ethyl adjacent to an activating group) is 1. The molecule has 16 heavy (non-hydrogen) atoms. The first-order valence-corrected chi connectivity index (χ1v) is 6.08. The maximum absolute atomic E-state index is 11.2. The Bertz CT molecular complexity index is 218. The molecule has 1 rings (SSSR count). The highest BCUT2D eigenvalue weighted by Gasteiger charge is 2.27. The molecule has 0 aliphatic heterocycles. The molecule has 0 N–H and O–H groups in total. The average molecular weight is 229 g/mol. The van der Waals surface area contributed by atoms with Gasteiger partial charge in [-0.15, -0.1) is 0 Å². The number of nitrogens with zero attached hydrogens (tertiary/aromatic N) is 1. The summed E-state index contributed by atoms with van der Waals surface area (Å²) in [4.78, 5) is 13.4. The van der Waals surface area contributed by atoms with E-state index in [-0.39, 0.29) is 18.7 Å². The van der Waals surface area contributed by atoms with E-state index in [0.717, 1.165) is 12.8 Å². The van der Waals surface area contributed by atoms with Gasteiger partial charge in [-0.3, -0.25) is 0 Å².